The Morgan fingerprint density at radius 2 is 0.582 bits per heavy atom. The van der Waals surface area contributed by atoms with Crippen LogP contribution in [0.4, 0.5) is 0 Å². The molecule has 0 rings (SSSR count). The van der Waals surface area contributed by atoms with Crippen molar-refractivity contribution < 1.29 is 28.6 Å². The molecule has 0 aromatic rings. The van der Waals surface area contributed by atoms with E-state index in [0.717, 1.165) is 116 Å². The minimum absolute atomic E-state index is 0.101. The van der Waals surface area contributed by atoms with Crippen molar-refractivity contribution >= 4 is 17.9 Å². The van der Waals surface area contributed by atoms with E-state index in [1.54, 1.807) is 0 Å². The van der Waals surface area contributed by atoms with Crippen LogP contribution >= 0.6 is 0 Å². The molecule has 0 N–H and O–H groups in total. The number of esters is 3. The fourth-order valence-corrected chi connectivity index (χ4v) is 7.48. The van der Waals surface area contributed by atoms with Gasteiger partial charge in [-0.25, -0.2) is 0 Å². The number of rotatable bonds is 49. The van der Waals surface area contributed by atoms with Crippen LogP contribution in [0.2, 0.25) is 0 Å². The summed E-state index contributed by atoms with van der Waals surface area (Å²) in [6, 6.07) is 0. The molecule has 6 heteroatoms. The van der Waals surface area contributed by atoms with Gasteiger partial charge < -0.3 is 14.2 Å². The predicted molar refractivity (Wildman–Crippen MR) is 288 cm³/mol. The lowest BCUT2D eigenvalue weighted by molar-refractivity contribution is -0.167. The van der Waals surface area contributed by atoms with Crippen LogP contribution in [0, 0.1) is 0 Å². The third-order valence-corrected chi connectivity index (χ3v) is 11.6. The quantitative estimate of drug-likeness (QED) is 0.0262. The van der Waals surface area contributed by atoms with Gasteiger partial charge >= 0.3 is 17.9 Å². The van der Waals surface area contributed by atoms with E-state index >= 15 is 0 Å². The van der Waals surface area contributed by atoms with Gasteiger partial charge in [0.2, 0.25) is 0 Å². The molecular formula is C61H102O6. The van der Waals surface area contributed by atoms with E-state index < -0.39 is 6.10 Å². The van der Waals surface area contributed by atoms with Gasteiger partial charge in [0, 0.05) is 19.3 Å². The molecule has 6 nitrogen and oxygen atoms in total. The Bertz CT molecular complexity index is 1350. The Morgan fingerprint density at radius 1 is 0.313 bits per heavy atom. The average molecular weight is 931 g/mol. The van der Waals surface area contributed by atoms with E-state index in [1.807, 2.05) is 0 Å². The van der Waals surface area contributed by atoms with Crippen molar-refractivity contribution in [1.82, 2.24) is 0 Å². The van der Waals surface area contributed by atoms with Crippen LogP contribution in [0.25, 0.3) is 0 Å². The summed E-state index contributed by atoms with van der Waals surface area (Å²) in [5.41, 5.74) is 0. The maximum absolute atomic E-state index is 12.8. The zero-order chi connectivity index (χ0) is 48.6. The molecule has 0 amide bonds. The summed E-state index contributed by atoms with van der Waals surface area (Å²) < 4.78 is 16.8. The normalized spacial score (nSPS) is 12.8. The minimum atomic E-state index is -0.809. The number of ether oxygens (including phenoxy) is 3. The van der Waals surface area contributed by atoms with Crippen molar-refractivity contribution in [2.45, 2.75) is 258 Å². The molecule has 0 aliphatic carbocycles. The topological polar surface area (TPSA) is 78.9 Å². The maximum atomic E-state index is 12.8. The molecule has 0 saturated carbocycles. The summed E-state index contributed by atoms with van der Waals surface area (Å²) in [6.45, 7) is 6.37. The Balaban J connectivity index is 4.47. The zero-order valence-electron chi connectivity index (χ0n) is 43.6. The minimum Gasteiger partial charge on any atom is -0.462 e. The van der Waals surface area contributed by atoms with Gasteiger partial charge in [0.15, 0.2) is 6.10 Å². The van der Waals surface area contributed by atoms with E-state index in [-0.39, 0.29) is 37.5 Å². The van der Waals surface area contributed by atoms with Gasteiger partial charge in [0.1, 0.15) is 13.2 Å². The largest absolute Gasteiger partial charge is 0.462 e. The van der Waals surface area contributed by atoms with Crippen molar-refractivity contribution in [3.05, 3.63) is 97.2 Å². The summed E-state index contributed by atoms with van der Waals surface area (Å²) in [4.78, 5) is 38.1. The Hall–Kier alpha value is -3.67. The zero-order valence-corrected chi connectivity index (χ0v) is 43.6. The summed E-state index contributed by atoms with van der Waals surface area (Å²) in [6.07, 6.45) is 72.5. The molecule has 382 valence electrons. The highest BCUT2D eigenvalue weighted by Gasteiger charge is 2.19. The van der Waals surface area contributed by atoms with E-state index in [9.17, 15) is 14.4 Å². The third-order valence-electron chi connectivity index (χ3n) is 11.6. The molecule has 67 heavy (non-hydrogen) atoms. The Morgan fingerprint density at radius 3 is 0.940 bits per heavy atom. The molecule has 0 spiro atoms. The van der Waals surface area contributed by atoms with Crippen molar-refractivity contribution in [2.75, 3.05) is 13.2 Å². The number of hydrogen-bond acceptors (Lipinski definition) is 6. The second kappa shape index (κ2) is 54.9. The van der Waals surface area contributed by atoms with Crippen LogP contribution in [0.5, 0.6) is 0 Å². The van der Waals surface area contributed by atoms with Crippen LogP contribution in [0.3, 0.4) is 0 Å². The third kappa shape index (κ3) is 53.2. The smallest absolute Gasteiger partial charge is 0.306 e. The SMILES string of the molecule is CC/C=C\C/C=C\C/C=C\C/C=C\CCCCCCC(=O)OC[C@H](COC(=O)CCCCCCCCCCCCCCCCCCC)OC(=O)CCCC/C=C\C/C=C\C/C=C\C/C=C\CC. The molecule has 0 aromatic carbocycles. The first-order chi connectivity index (χ1) is 33.0. The number of carbonyl (C=O) groups excluding carboxylic acids is 3. The molecule has 0 saturated heterocycles. The molecule has 0 bridgehead atoms. The van der Waals surface area contributed by atoms with E-state index in [0.29, 0.717) is 19.3 Å². The molecule has 0 heterocycles. The van der Waals surface area contributed by atoms with E-state index in [2.05, 4.69) is 118 Å². The van der Waals surface area contributed by atoms with Crippen molar-refractivity contribution in [3.8, 4) is 0 Å². The summed E-state index contributed by atoms with van der Waals surface area (Å²) in [7, 11) is 0. The van der Waals surface area contributed by atoms with Crippen LogP contribution in [0.15, 0.2) is 97.2 Å². The van der Waals surface area contributed by atoms with Gasteiger partial charge in [-0.15, -0.1) is 0 Å². The maximum Gasteiger partial charge on any atom is 0.306 e. The van der Waals surface area contributed by atoms with E-state index in [4.69, 9.17) is 14.2 Å². The number of unbranched alkanes of at least 4 members (excludes halogenated alkanes) is 22. The molecule has 0 radical (unpaired) electrons. The molecule has 0 aliphatic heterocycles. The van der Waals surface area contributed by atoms with Gasteiger partial charge in [-0.2, -0.15) is 0 Å². The molecule has 0 unspecified atom stereocenters. The van der Waals surface area contributed by atoms with Gasteiger partial charge in [0.25, 0.3) is 0 Å². The first-order valence-electron chi connectivity index (χ1n) is 27.7. The fourth-order valence-electron chi connectivity index (χ4n) is 7.48. The van der Waals surface area contributed by atoms with Gasteiger partial charge in [-0.1, -0.05) is 234 Å². The van der Waals surface area contributed by atoms with E-state index in [1.165, 1.54) is 89.9 Å². The predicted octanol–water partition coefficient (Wildman–Crippen LogP) is 18.5. The van der Waals surface area contributed by atoms with Crippen LogP contribution in [0.1, 0.15) is 252 Å². The molecule has 0 fully saturated rings. The lowest BCUT2D eigenvalue weighted by atomic mass is 10.0. The number of carbonyl (C=O) groups is 3. The Labute approximate surface area is 413 Å². The monoisotopic (exact) mass is 931 g/mol. The molecule has 1 atom stereocenters. The standard InChI is InChI=1S/C61H102O6/c1-4-7-10-13-16-19-22-25-28-30-33-35-38-41-44-47-50-53-59(62)65-56-58(67-61(64)55-52-49-46-43-40-37-32-27-24-21-18-15-12-9-6-3)57-66-60(63)54-51-48-45-42-39-36-34-31-29-26-23-20-17-14-11-8-5-2/h7,9-10,12,16,18-19,21,25,27-28,32-33,35,40,43,58H,4-6,8,11,13-15,17,20,22-24,26,29-31,34,36-39,41-42,44-57H2,1-3H3/b10-7-,12-9-,19-16-,21-18-,28-25-,32-27-,35-33-,43-40-/t58-/m1/s1. The average Bonchev–Trinajstić information content (AvgIpc) is 3.33. The van der Waals surface area contributed by atoms with Gasteiger partial charge in [-0.3, -0.25) is 14.4 Å². The first-order valence-corrected chi connectivity index (χ1v) is 27.7. The molecule has 0 aliphatic rings. The fraction of sp³-hybridized carbons (Fsp3) is 0.689. The van der Waals surface area contributed by atoms with Crippen LogP contribution in [-0.2, 0) is 28.6 Å². The second-order valence-corrected chi connectivity index (χ2v) is 18.1. The molecule has 0 aromatic heterocycles. The van der Waals surface area contributed by atoms with Crippen molar-refractivity contribution in [2.24, 2.45) is 0 Å². The number of hydrogen-bond donors (Lipinski definition) is 0. The van der Waals surface area contributed by atoms with Crippen molar-refractivity contribution in [1.29, 1.82) is 0 Å². The highest BCUT2D eigenvalue weighted by Crippen LogP contribution is 2.15. The second-order valence-electron chi connectivity index (χ2n) is 18.1. The van der Waals surface area contributed by atoms with Crippen LogP contribution < -0.4 is 0 Å². The van der Waals surface area contributed by atoms with Crippen molar-refractivity contribution in [3.63, 3.8) is 0 Å². The summed E-state index contributed by atoms with van der Waals surface area (Å²) in [5.74, 6) is -0.965. The number of allylic oxidation sites excluding steroid dienone is 16. The highest BCUT2D eigenvalue weighted by atomic mass is 16.6. The first kappa shape index (κ1) is 63.3. The Kier molecular flexibility index (Phi) is 51.9. The van der Waals surface area contributed by atoms with Gasteiger partial charge in [0.05, 0.1) is 0 Å². The lowest BCUT2D eigenvalue weighted by Crippen LogP contribution is -2.30. The van der Waals surface area contributed by atoms with Crippen LogP contribution in [-0.4, -0.2) is 37.2 Å². The lowest BCUT2D eigenvalue weighted by Gasteiger charge is -2.18. The highest BCUT2D eigenvalue weighted by molar-refractivity contribution is 5.71. The summed E-state index contributed by atoms with van der Waals surface area (Å²) >= 11 is 0. The van der Waals surface area contributed by atoms with Gasteiger partial charge in [-0.05, 0) is 96.3 Å². The summed E-state index contributed by atoms with van der Waals surface area (Å²) in [5, 5.41) is 0. The molecular weight excluding hydrogens is 829 g/mol.